The average molecular weight is 334 g/mol. The van der Waals surface area contributed by atoms with Crippen LogP contribution in [-0.2, 0) is 4.79 Å². The van der Waals surface area contributed by atoms with Gasteiger partial charge in [0.2, 0.25) is 5.91 Å². The number of primary amides is 1. The van der Waals surface area contributed by atoms with E-state index in [1.807, 2.05) is 6.92 Å². The maximum atomic E-state index is 12.9. The first-order valence-electron chi connectivity index (χ1n) is 9.34. The molecule has 0 radical (unpaired) electrons. The number of rotatable bonds is 6. The maximum Gasteiger partial charge on any atom is 0.315 e. The van der Waals surface area contributed by atoms with E-state index in [0.717, 1.165) is 51.4 Å². The topological polar surface area (TPSA) is 90.4 Å². The van der Waals surface area contributed by atoms with Crippen molar-refractivity contribution in [2.75, 3.05) is 13.1 Å². The fourth-order valence-electron chi connectivity index (χ4n) is 4.09. The van der Waals surface area contributed by atoms with Gasteiger partial charge in [-0.25, -0.2) is 4.79 Å². The number of carbonyl (C=O) groups excluding carboxylic acids is 2. The van der Waals surface area contributed by atoms with Gasteiger partial charge in [0, 0.05) is 19.1 Å². The normalized spacial score (nSPS) is 22.8. The molecule has 2 aliphatic rings. The zero-order valence-electron chi connectivity index (χ0n) is 14.7. The predicted octanol–water partition coefficient (Wildman–Crippen LogP) is 2.63. The van der Waals surface area contributed by atoms with Gasteiger partial charge in [-0.15, -0.1) is 0 Å². The second-order valence-corrected chi connectivity index (χ2v) is 7.09. The number of hydrogen-bond donors (Lipinski definition) is 1. The van der Waals surface area contributed by atoms with Crippen molar-refractivity contribution in [1.29, 1.82) is 5.26 Å². The van der Waals surface area contributed by atoms with Crippen LogP contribution >= 0.6 is 0 Å². The minimum Gasteiger partial charge on any atom is -0.351 e. The van der Waals surface area contributed by atoms with Crippen LogP contribution in [0.4, 0.5) is 4.79 Å². The molecule has 1 heterocycles. The summed E-state index contributed by atoms with van der Waals surface area (Å²) in [5, 5.41) is 9.24. The van der Waals surface area contributed by atoms with E-state index >= 15 is 0 Å². The highest BCUT2D eigenvalue weighted by molar-refractivity contribution is 5.81. The van der Waals surface area contributed by atoms with Gasteiger partial charge < -0.3 is 15.5 Å². The Bertz CT molecular complexity index is 482. The molecule has 6 nitrogen and oxygen atoms in total. The van der Waals surface area contributed by atoms with Crippen molar-refractivity contribution < 1.29 is 9.59 Å². The average Bonchev–Trinajstić information content (AvgIpc) is 3.07. The zero-order valence-corrected chi connectivity index (χ0v) is 14.7. The van der Waals surface area contributed by atoms with Crippen LogP contribution in [0.5, 0.6) is 0 Å². The first kappa shape index (κ1) is 18.6. The summed E-state index contributed by atoms with van der Waals surface area (Å²) in [6.07, 6.45) is 8.61. The quantitative estimate of drug-likeness (QED) is 0.809. The van der Waals surface area contributed by atoms with Crippen molar-refractivity contribution in [3.05, 3.63) is 0 Å². The summed E-state index contributed by atoms with van der Waals surface area (Å²) in [4.78, 5) is 28.3. The summed E-state index contributed by atoms with van der Waals surface area (Å²) in [5.41, 5.74) is 5.63. The highest BCUT2D eigenvalue weighted by Crippen LogP contribution is 2.26. The molecule has 0 aromatic rings. The van der Waals surface area contributed by atoms with Gasteiger partial charge in [0.1, 0.15) is 6.04 Å². The maximum absolute atomic E-state index is 12.9. The zero-order chi connectivity index (χ0) is 17.5. The molecule has 1 saturated heterocycles. The molecule has 1 saturated carbocycles. The number of hydrogen-bond acceptors (Lipinski definition) is 3. The minimum atomic E-state index is -0.422. The number of nitrogens with zero attached hydrogens (tertiary/aromatic N) is 3. The lowest BCUT2D eigenvalue weighted by molar-refractivity contribution is -0.136. The Morgan fingerprint density at radius 2 is 1.96 bits per heavy atom. The lowest BCUT2D eigenvalue weighted by Crippen LogP contribution is -2.50. The van der Waals surface area contributed by atoms with E-state index in [1.165, 1.54) is 6.42 Å². The molecule has 0 spiro atoms. The van der Waals surface area contributed by atoms with Gasteiger partial charge in [-0.3, -0.25) is 4.79 Å². The highest BCUT2D eigenvalue weighted by Gasteiger charge is 2.35. The summed E-state index contributed by atoms with van der Waals surface area (Å²) >= 11 is 0. The van der Waals surface area contributed by atoms with Gasteiger partial charge in [0.25, 0.3) is 0 Å². The van der Waals surface area contributed by atoms with Gasteiger partial charge in [0.05, 0.1) is 12.0 Å². The molecular formula is C18H30N4O2. The third-order valence-corrected chi connectivity index (χ3v) is 5.39. The van der Waals surface area contributed by atoms with Gasteiger partial charge in [-0.2, -0.15) is 5.26 Å². The lowest BCUT2D eigenvalue weighted by atomic mass is 9.92. The molecular weight excluding hydrogens is 304 g/mol. The number of likely N-dealkylation sites (tertiary alicyclic amines) is 1. The molecule has 0 aromatic carbocycles. The van der Waals surface area contributed by atoms with E-state index in [1.54, 1.807) is 9.80 Å². The van der Waals surface area contributed by atoms with Crippen LogP contribution in [0.15, 0.2) is 0 Å². The van der Waals surface area contributed by atoms with E-state index in [4.69, 9.17) is 5.73 Å². The number of amides is 3. The molecule has 2 atom stereocenters. The second kappa shape index (κ2) is 8.91. The molecule has 3 amide bonds. The van der Waals surface area contributed by atoms with Crippen molar-refractivity contribution in [3.63, 3.8) is 0 Å². The van der Waals surface area contributed by atoms with Gasteiger partial charge in [0.15, 0.2) is 0 Å². The van der Waals surface area contributed by atoms with E-state index in [0.29, 0.717) is 13.1 Å². The largest absolute Gasteiger partial charge is 0.351 e. The number of nitrogens with two attached hydrogens (primary N) is 1. The lowest BCUT2D eigenvalue weighted by Gasteiger charge is -2.36. The van der Waals surface area contributed by atoms with Crippen LogP contribution in [0.25, 0.3) is 0 Å². The molecule has 0 bridgehead atoms. The molecule has 0 aromatic heterocycles. The second-order valence-electron chi connectivity index (χ2n) is 7.09. The Labute approximate surface area is 145 Å². The summed E-state index contributed by atoms with van der Waals surface area (Å²) in [7, 11) is 0. The standard InChI is InChI=1S/C18H30N4O2/c1-2-7-14(17(23)21-11-6-10-16(21)12-19)13-22(18(20)24)15-8-4-3-5-9-15/h14-16H,2-11,13H2,1H3,(H2,20,24)/t14-,16-/m0/s1. The van der Waals surface area contributed by atoms with Crippen LogP contribution in [0.2, 0.25) is 0 Å². The Morgan fingerprint density at radius 1 is 1.25 bits per heavy atom. The van der Waals surface area contributed by atoms with Crippen LogP contribution in [0.3, 0.4) is 0 Å². The van der Waals surface area contributed by atoms with Crippen molar-refractivity contribution in [2.24, 2.45) is 11.7 Å². The van der Waals surface area contributed by atoms with Crippen molar-refractivity contribution in [1.82, 2.24) is 9.80 Å². The first-order chi connectivity index (χ1) is 11.6. The van der Waals surface area contributed by atoms with Crippen molar-refractivity contribution in [3.8, 4) is 6.07 Å². The molecule has 1 aliphatic heterocycles. The molecule has 134 valence electrons. The van der Waals surface area contributed by atoms with Crippen LogP contribution in [-0.4, -0.2) is 46.9 Å². The molecule has 0 unspecified atom stereocenters. The van der Waals surface area contributed by atoms with Gasteiger partial charge >= 0.3 is 6.03 Å². The van der Waals surface area contributed by atoms with Gasteiger partial charge in [-0.1, -0.05) is 32.6 Å². The van der Waals surface area contributed by atoms with Crippen LogP contribution in [0, 0.1) is 17.2 Å². The Balaban J connectivity index is 2.08. The molecule has 1 aliphatic carbocycles. The number of carbonyl (C=O) groups is 2. The van der Waals surface area contributed by atoms with E-state index < -0.39 is 6.03 Å². The van der Waals surface area contributed by atoms with E-state index in [2.05, 4.69) is 6.07 Å². The third-order valence-electron chi connectivity index (χ3n) is 5.39. The SMILES string of the molecule is CCC[C@@H](CN(C(N)=O)C1CCCCC1)C(=O)N1CCC[C@H]1C#N. The fraction of sp³-hybridized carbons (Fsp3) is 0.833. The molecule has 2 rings (SSSR count). The molecule has 6 heteroatoms. The molecule has 24 heavy (non-hydrogen) atoms. The number of nitriles is 1. The van der Waals surface area contributed by atoms with E-state index in [-0.39, 0.29) is 23.9 Å². The van der Waals surface area contributed by atoms with Crippen molar-refractivity contribution in [2.45, 2.75) is 76.8 Å². The van der Waals surface area contributed by atoms with Crippen molar-refractivity contribution >= 4 is 11.9 Å². The Kier molecular flexibility index (Phi) is 6.89. The predicted molar refractivity (Wildman–Crippen MR) is 91.9 cm³/mol. The fourth-order valence-corrected chi connectivity index (χ4v) is 4.09. The third kappa shape index (κ3) is 4.40. The minimum absolute atomic E-state index is 0.0166. The Morgan fingerprint density at radius 3 is 2.54 bits per heavy atom. The first-order valence-corrected chi connectivity index (χ1v) is 9.34. The Hall–Kier alpha value is -1.77. The monoisotopic (exact) mass is 334 g/mol. The van der Waals surface area contributed by atoms with Crippen LogP contribution in [0.1, 0.15) is 64.7 Å². The summed E-state index contributed by atoms with van der Waals surface area (Å²) in [5.74, 6) is -0.235. The highest BCUT2D eigenvalue weighted by atomic mass is 16.2. The van der Waals surface area contributed by atoms with Crippen LogP contribution < -0.4 is 5.73 Å². The molecule has 2 fully saturated rings. The summed E-state index contributed by atoms with van der Waals surface area (Å²) in [6, 6.07) is 1.66. The van der Waals surface area contributed by atoms with E-state index in [9.17, 15) is 14.9 Å². The summed E-state index contributed by atoms with van der Waals surface area (Å²) in [6.45, 7) is 3.08. The summed E-state index contributed by atoms with van der Waals surface area (Å²) < 4.78 is 0. The van der Waals surface area contributed by atoms with Gasteiger partial charge in [-0.05, 0) is 32.1 Å². The number of urea groups is 1. The smallest absolute Gasteiger partial charge is 0.315 e. The molecule has 2 N–H and O–H groups in total.